The molecule has 1 saturated heterocycles. The molecule has 38 heavy (non-hydrogen) atoms. The third-order valence-electron chi connectivity index (χ3n) is 8.04. The summed E-state index contributed by atoms with van der Waals surface area (Å²) in [5.74, 6) is 1.43. The van der Waals surface area contributed by atoms with Gasteiger partial charge in [-0.15, -0.1) is 0 Å². The summed E-state index contributed by atoms with van der Waals surface area (Å²) >= 11 is 0. The molecule has 0 spiro atoms. The Morgan fingerprint density at radius 2 is 1.45 bits per heavy atom. The molecule has 1 fully saturated rings. The monoisotopic (exact) mass is 507 g/mol. The van der Waals surface area contributed by atoms with Crippen LogP contribution in [-0.2, 0) is 0 Å². The zero-order valence-electron chi connectivity index (χ0n) is 22.7. The fourth-order valence-electron chi connectivity index (χ4n) is 5.83. The van der Waals surface area contributed by atoms with Gasteiger partial charge in [0.25, 0.3) is 0 Å². The zero-order chi connectivity index (χ0) is 26.5. The lowest BCUT2D eigenvalue weighted by molar-refractivity contribution is 0.0896. The molecule has 1 atom stereocenters. The van der Waals surface area contributed by atoms with Crippen LogP contribution in [0, 0.1) is 5.92 Å². The summed E-state index contributed by atoms with van der Waals surface area (Å²) in [6.07, 6.45) is 8.30. The Morgan fingerprint density at radius 3 is 2.03 bits per heavy atom. The smallest absolute Gasteiger partial charge is 0.166 e. The lowest BCUT2D eigenvalue weighted by atomic mass is 9.86. The van der Waals surface area contributed by atoms with Gasteiger partial charge in [-0.05, 0) is 78.3 Å². The van der Waals surface area contributed by atoms with Gasteiger partial charge >= 0.3 is 0 Å². The molecule has 4 nitrogen and oxygen atoms in total. The number of hydrogen-bond donors (Lipinski definition) is 0. The molecule has 0 saturated carbocycles. The van der Waals surface area contributed by atoms with Crippen molar-refractivity contribution in [3.05, 3.63) is 100 Å². The fraction of sp³-hybridized carbons (Fsp3) is 0.324. The first-order valence-electron chi connectivity index (χ1n) is 13.7. The van der Waals surface area contributed by atoms with E-state index in [2.05, 4.69) is 72.5 Å². The number of rotatable bonds is 8. The number of likely N-dealkylation sites (tertiary alicyclic amines) is 1. The maximum Gasteiger partial charge on any atom is 0.166 e. The summed E-state index contributed by atoms with van der Waals surface area (Å²) in [7, 11) is 3.21. The molecule has 0 bridgehead atoms. The van der Waals surface area contributed by atoms with E-state index in [0.717, 1.165) is 45.3 Å². The zero-order valence-corrected chi connectivity index (χ0v) is 22.7. The van der Waals surface area contributed by atoms with Gasteiger partial charge in [0.05, 0.1) is 14.2 Å². The van der Waals surface area contributed by atoms with Gasteiger partial charge in [-0.25, -0.2) is 0 Å². The van der Waals surface area contributed by atoms with Gasteiger partial charge in [0.15, 0.2) is 17.3 Å². The highest BCUT2D eigenvalue weighted by atomic mass is 16.5. The van der Waals surface area contributed by atoms with E-state index in [1.54, 1.807) is 25.9 Å². The van der Waals surface area contributed by atoms with Gasteiger partial charge in [0.2, 0.25) is 0 Å². The van der Waals surface area contributed by atoms with Crippen LogP contribution in [0.5, 0.6) is 11.5 Å². The topological polar surface area (TPSA) is 38.8 Å². The molecule has 1 heterocycles. The Balaban J connectivity index is 1.28. The summed E-state index contributed by atoms with van der Waals surface area (Å²) in [6, 6.07) is 23.0. The van der Waals surface area contributed by atoms with E-state index in [1.165, 1.54) is 27.8 Å². The predicted octanol–water partition coefficient (Wildman–Crippen LogP) is 7.38. The molecular weight excluding hydrogens is 470 g/mol. The van der Waals surface area contributed by atoms with Crippen LogP contribution in [-0.4, -0.2) is 44.5 Å². The van der Waals surface area contributed by atoms with E-state index in [9.17, 15) is 4.79 Å². The van der Waals surface area contributed by atoms with Gasteiger partial charge in [0, 0.05) is 24.6 Å². The third-order valence-corrected chi connectivity index (χ3v) is 8.04. The fourth-order valence-corrected chi connectivity index (χ4v) is 5.83. The van der Waals surface area contributed by atoms with Crippen molar-refractivity contribution in [2.45, 2.75) is 32.6 Å². The first-order chi connectivity index (χ1) is 18.6. The van der Waals surface area contributed by atoms with Crippen LogP contribution in [0.3, 0.4) is 0 Å². The largest absolute Gasteiger partial charge is 0.493 e. The molecule has 3 aromatic rings. The van der Waals surface area contributed by atoms with Crippen LogP contribution in [0.25, 0.3) is 17.7 Å². The Hall–Kier alpha value is -3.63. The summed E-state index contributed by atoms with van der Waals surface area (Å²) in [6.45, 7) is 5.10. The van der Waals surface area contributed by atoms with Gasteiger partial charge in [-0.3, -0.25) is 4.79 Å². The van der Waals surface area contributed by atoms with E-state index in [4.69, 9.17) is 9.47 Å². The van der Waals surface area contributed by atoms with Crippen LogP contribution in [0.2, 0.25) is 0 Å². The lowest BCUT2D eigenvalue weighted by Gasteiger charge is -2.31. The van der Waals surface area contributed by atoms with E-state index in [-0.39, 0.29) is 11.7 Å². The second-order valence-corrected chi connectivity index (χ2v) is 10.2. The molecule has 2 aliphatic rings. The standard InChI is InChI=1S/C34H37NO3/c1-4-24(34(36)28-15-16-31(37-2)32(23-28)38-3)17-20-35-21-18-27(19-22-35)33-29-11-7-5-9-25(29)13-14-26-10-6-8-12-30(26)33/h5-16,23-24H,4,17-22H2,1-3H3. The van der Waals surface area contributed by atoms with Crippen molar-refractivity contribution >= 4 is 23.5 Å². The second kappa shape index (κ2) is 11.8. The molecule has 0 amide bonds. The van der Waals surface area contributed by atoms with Crippen molar-refractivity contribution in [2.75, 3.05) is 33.9 Å². The molecule has 4 heteroatoms. The first kappa shape index (κ1) is 26.0. The van der Waals surface area contributed by atoms with Gasteiger partial charge in [-0.2, -0.15) is 0 Å². The average Bonchev–Trinajstić information content (AvgIpc) is 3.14. The number of Topliss-reactive ketones (excluding diaryl/α,β-unsaturated/α-hetero) is 1. The van der Waals surface area contributed by atoms with Crippen LogP contribution >= 0.6 is 0 Å². The highest BCUT2D eigenvalue weighted by Crippen LogP contribution is 2.39. The molecule has 5 rings (SSSR count). The number of ketones is 1. The SMILES string of the molecule is CCC(CCN1CCC(=C2c3ccccc3C=Cc3ccccc32)CC1)C(=O)c1ccc(OC)c(OC)c1. The van der Waals surface area contributed by atoms with Crippen molar-refractivity contribution < 1.29 is 14.3 Å². The quantitative estimate of drug-likeness (QED) is 0.233. The number of methoxy groups -OCH3 is 2. The average molecular weight is 508 g/mol. The predicted molar refractivity (Wildman–Crippen MR) is 156 cm³/mol. The molecule has 1 aliphatic heterocycles. The van der Waals surface area contributed by atoms with Gasteiger partial charge < -0.3 is 14.4 Å². The Labute approximate surface area is 226 Å². The van der Waals surface area contributed by atoms with Crippen LogP contribution < -0.4 is 9.47 Å². The maximum atomic E-state index is 13.3. The number of ether oxygens (including phenoxy) is 2. The number of piperidine rings is 1. The minimum atomic E-state index is -0.000428. The van der Waals surface area contributed by atoms with Crippen molar-refractivity contribution in [1.29, 1.82) is 0 Å². The number of carbonyl (C=O) groups is 1. The number of nitrogens with zero attached hydrogens (tertiary/aromatic N) is 1. The summed E-state index contributed by atoms with van der Waals surface area (Å²) in [5.41, 5.74) is 8.89. The molecule has 3 aromatic carbocycles. The van der Waals surface area contributed by atoms with Gasteiger partial charge in [0.1, 0.15) is 0 Å². The minimum Gasteiger partial charge on any atom is -0.493 e. The molecule has 0 N–H and O–H groups in total. The Morgan fingerprint density at radius 1 is 0.842 bits per heavy atom. The van der Waals surface area contributed by atoms with Crippen molar-refractivity contribution in [3.8, 4) is 11.5 Å². The van der Waals surface area contributed by atoms with Gasteiger partial charge in [-0.1, -0.05) is 73.2 Å². The van der Waals surface area contributed by atoms with E-state index < -0.39 is 0 Å². The molecular formula is C34H37NO3. The third kappa shape index (κ3) is 5.32. The summed E-state index contributed by atoms with van der Waals surface area (Å²) in [4.78, 5) is 15.8. The van der Waals surface area contributed by atoms with E-state index >= 15 is 0 Å². The maximum absolute atomic E-state index is 13.3. The van der Waals surface area contributed by atoms with Crippen LogP contribution in [0.15, 0.2) is 72.3 Å². The highest BCUT2D eigenvalue weighted by molar-refractivity contribution is 5.98. The van der Waals surface area contributed by atoms with E-state index in [0.29, 0.717) is 17.1 Å². The number of hydrogen-bond acceptors (Lipinski definition) is 4. The Kier molecular flexibility index (Phi) is 8.09. The van der Waals surface area contributed by atoms with Crippen molar-refractivity contribution in [3.63, 3.8) is 0 Å². The number of carbonyl (C=O) groups excluding carboxylic acids is 1. The Bertz CT molecular complexity index is 1310. The van der Waals surface area contributed by atoms with Crippen molar-refractivity contribution in [1.82, 2.24) is 4.90 Å². The summed E-state index contributed by atoms with van der Waals surface area (Å²) in [5, 5.41) is 0. The lowest BCUT2D eigenvalue weighted by Crippen LogP contribution is -2.33. The van der Waals surface area contributed by atoms with Crippen LogP contribution in [0.1, 0.15) is 65.2 Å². The van der Waals surface area contributed by atoms with Crippen molar-refractivity contribution in [2.24, 2.45) is 5.92 Å². The molecule has 1 aliphatic carbocycles. The molecule has 1 unspecified atom stereocenters. The minimum absolute atomic E-state index is 0.000428. The molecule has 0 radical (unpaired) electrons. The summed E-state index contributed by atoms with van der Waals surface area (Å²) < 4.78 is 10.7. The number of benzene rings is 3. The second-order valence-electron chi connectivity index (χ2n) is 10.2. The van der Waals surface area contributed by atoms with E-state index in [1.807, 2.05) is 12.1 Å². The van der Waals surface area contributed by atoms with Crippen LogP contribution in [0.4, 0.5) is 0 Å². The highest BCUT2D eigenvalue weighted by Gasteiger charge is 2.25. The normalized spacial score (nSPS) is 15.9. The number of fused-ring (bicyclic) bond motifs is 2. The molecule has 0 aromatic heterocycles. The first-order valence-corrected chi connectivity index (χ1v) is 13.7. The molecule has 196 valence electrons.